The molecule has 0 radical (unpaired) electrons. The minimum absolute atomic E-state index is 0.118. The first-order chi connectivity index (χ1) is 9.79. The van der Waals surface area contributed by atoms with E-state index in [1.807, 2.05) is 0 Å². The summed E-state index contributed by atoms with van der Waals surface area (Å²) in [5.41, 5.74) is 2.71. The minimum Gasteiger partial charge on any atom is -0.349 e. The third-order valence-corrected chi connectivity index (χ3v) is 4.58. The molecule has 0 aliphatic heterocycles. The first-order valence-electron chi connectivity index (χ1n) is 8.20. The first kappa shape index (κ1) is 16.1. The van der Waals surface area contributed by atoms with Crippen molar-refractivity contribution in [1.29, 1.82) is 0 Å². The Bertz CT molecular complexity index is 477. The van der Waals surface area contributed by atoms with E-state index in [0.29, 0.717) is 5.92 Å². The second kappa shape index (κ2) is 6.21. The number of carbonyl (C=O) groups excluding carboxylic acids is 1. The van der Waals surface area contributed by atoms with E-state index < -0.39 is 0 Å². The molecule has 0 bridgehead atoms. The lowest BCUT2D eigenvalue weighted by atomic mass is 9.83. The van der Waals surface area contributed by atoms with Crippen LogP contribution in [0.3, 0.4) is 0 Å². The van der Waals surface area contributed by atoms with E-state index in [1.165, 1.54) is 17.5 Å². The molecule has 0 aromatic heterocycles. The second-order valence-electron chi connectivity index (χ2n) is 7.73. The highest BCUT2D eigenvalue weighted by Crippen LogP contribution is 2.30. The molecular weight excluding hydrogens is 258 g/mol. The quantitative estimate of drug-likeness (QED) is 0.861. The van der Waals surface area contributed by atoms with Gasteiger partial charge in [0, 0.05) is 5.92 Å². The van der Waals surface area contributed by atoms with Crippen molar-refractivity contribution >= 4 is 5.91 Å². The average molecular weight is 287 g/mol. The Balaban J connectivity index is 2.12. The predicted octanol–water partition coefficient (Wildman–Crippen LogP) is 4.60. The topological polar surface area (TPSA) is 29.1 Å². The van der Waals surface area contributed by atoms with Crippen molar-refractivity contribution in [3.63, 3.8) is 0 Å². The molecule has 1 aromatic carbocycles. The van der Waals surface area contributed by atoms with Crippen LogP contribution in [0.2, 0.25) is 0 Å². The van der Waals surface area contributed by atoms with Crippen LogP contribution in [-0.2, 0) is 10.2 Å². The van der Waals surface area contributed by atoms with Crippen LogP contribution < -0.4 is 5.32 Å². The average Bonchev–Trinajstić information content (AvgIpc) is 2.32. The standard InChI is InChI=1S/C19H29NO/c1-13(2)17(20-18(21)15-7-6-8-15)14-9-11-16(12-10-14)19(3,4)5/h9-13,15,17H,6-8H2,1-5H3,(H,20,21). The van der Waals surface area contributed by atoms with Gasteiger partial charge in [0.25, 0.3) is 0 Å². The largest absolute Gasteiger partial charge is 0.349 e. The molecule has 1 unspecified atom stereocenters. The van der Waals surface area contributed by atoms with Crippen molar-refractivity contribution in [1.82, 2.24) is 5.32 Å². The molecule has 116 valence electrons. The number of rotatable bonds is 4. The van der Waals surface area contributed by atoms with Gasteiger partial charge in [-0.2, -0.15) is 0 Å². The molecule has 21 heavy (non-hydrogen) atoms. The lowest BCUT2D eigenvalue weighted by Crippen LogP contribution is -2.38. The molecule has 1 atom stereocenters. The van der Waals surface area contributed by atoms with E-state index in [1.54, 1.807) is 0 Å². The SMILES string of the molecule is CC(C)C(NC(=O)C1CCC1)c1ccc(C(C)(C)C)cc1. The van der Waals surface area contributed by atoms with Gasteiger partial charge in [0.05, 0.1) is 6.04 Å². The molecule has 1 saturated carbocycles. The van der Waals surface area contributed by atoms with Crippen LogP contribution in [0.1, 0.15) is 71.0 Å². The zero-order chi connectivity index (χ0) is 15.6. The zero-order valence-electron chi connectivity index (χ0n) is 14.1. The number of amides is 1. The Morgan fingerprint density at radius 1 is 1.14 bits per heavy atom. The Morgan fingerprint density at radius 2 is 1.71 bits per heavy atom. The summed E-state index contributed by atoms with van der Waals surface area (Å²) in [6.45, 7) is 11.0. The van der Waals surface area contributed by atoms with Gasteiger partial charge in [-0.25, -0.2) is 0 Å². The van der Waals surface area contributed by atoms with Crippen LogP contribution in [0.15, 0.2) is 24.3 Å². The maximum Gasteiger partial charge on any atom is 0.223 e. The van der Waals surface area contributed by atoms with E-state index in [2.05, 4.69) is 64.2 Å². The van der Waals surface area contributed by atoms with Gasteiger partial charge in [0.2, 0.25) is 5.91 Å². The van der Waals surface area contributed by atoms with Crippen LogP contribution in [0, 0.1) is 11.8 Å². The van der Waals surface area contributed by atoms with Crippen LogP contribution in [0.5, 0.6) is 0 Å². The lowest BCUT2D eigenvalue weighted by Gasteiger charge is -2.30. The van der Waals surface area contributed by atoms with Gasteiger partial charge in [-0.3, -0.25) is 4.79 Å². The molecule has 1 aliphatic carbocycles. The molecule has 1 aromatic rings. The van der Waals surface area contributed by atoms with Gasteiger partial charge in [0.15, 0.2) is 0 Å². The number of benzene rings is 1. The van der Waals surface area contributed by atoms with E-state index >= 15 is 0 Å². The fraction of sp³-hybridized carbons (Fsp3) is 0.632. The molecule has 1 N–H and O–H groups in total. The predicted molar refractivity (Wildman–Crippen MR) is 88.2 cm³/mol. The molecule has 0 heterocycles. The summed E-state index contributed by atoms with van der Waals surface area (Å²) in [4.78, 5) is 12.2. The summed E-state index contributed by atoms with van der Waals surface area (Å²) in [5, 5.41) is 3.25. The maximum atomic E-state index is 12.2. The highest BCUT2D eigenvalue weighted by atomic mass is 16.2. The molecule has 1 amide bonds. The van der Waals surface area contributed by atoms with E-state index in [9.17, 15) is 4.79 Å². The minimum atomic E-state index is 0.118. The zero-order valence-corrected chi connectivity index (χ0v) is 14.1. The summed E-state index contributed by atoms with van der Waals surface area (Å²) < 4.78 is 0. The second-order valence-corrected chi connectivity index (χ2v) is 7.73. The number of nitrogens with one attached hydrogen (secondary N) is 1. The maximum absolute atomic E-state index is 12.2. The van der Waals surface area contributed by atoms with Gasteiger partial charge in [0.1, 0.15) is 0 Å². The fourth-order valence-corrected chi connectivity index (χ4v) is 2.77. The van der Waals surface area contributed by atoms with Crippen molar-refractivity contribution in [2.75, 3.05) is 0 Å². The fourth-order valence-electron chi connectivity index (χ4n) is 2.77. The Kier molecular flexibility index (Phi) is 4.75. The lowest BCUT2D eigenvalue weighted by molar-refractivity contribution is -0.128. The molecule has 2 rings (SSSR count). The molecule has 2 heteroatoms. The van der Waals surface area contributed by atoms with Gasteiger partial charge < -0.3 is 5.32 Å². The van der Waals surface area contributed by atoms with Gasteiger partial charge in [-0.15, -0.1) is 0 Å². The van der Waals surface area contributed by atoms with Crippen LogP contribution in [-0.4, -0.2) is 5.91 Å². The van der Waals surface area contributed by atoms with Gasteiger partial charge >= 0.3 is 0 Å². The van der Waals surface area contributed by atoms with Gasteiger partial charge in [-0.05, 0) is 35.3 Å². The normalized spacial score (nSPS) is 17.4. The van der Waals surface area contributed by atoms with Gasteiger partial charge in [-0.1, -0.05) is 65.3 Å². The third-order valence-electron chi connectivity index (χ3n) is 4.58. The van der Waals surface area contributed by atoms with E-state index in [0.717, 1.165) is 12.8 Å². The van der Waals surface area contributed by atoms with Crippen molar-refractivity contribution in [2.45, 2.75) is 65.3 Å². The number of carbonyl (C=O) groups is 1. The van der Waals surface area contributed by atoms with E-state index in [-0.39, 0.29) is 23.3 Å². The third kappa shape index (κ3) is 3.87. The van der Waals surface area contributed by atoms with Crippen LogP contribution in [0.4, 0.5) is 0 Å². The Morgan fingerprint density at radius 3 is 2.10 bits per heavy atom. The first-order valence-corrected chi connectivity index (χ1v) is 8.20. The summed E-state index contributed by atoms with van der Waals surface area (Å²) in [5.74, 6) is 0.884. The van der Waals surface area contributed by atoms with Crippen molar-refractivity contribution in [3.8, 4) is 0 Å². The summed E-state index contributed by atoms with van der Waals surface area (Å²) in [6, 6.07) is 8.85. The number of hydrogen-bond acceptors (Lipinski definition) is 1. The Labute approximate surface area is 129 Å². The highest BCUT2D eigenvalue weighted by molar-refractivity contribution is 5.79. The molecule has 0 saturated heterocycles. The van der Waals surface area contributed by atoms with Crippen LogP contribution in [0.25, 0.3) is 0 Å². The molecule has 1 aliphatic rings. The van der Waals surface area contributed by atoms with Crippen molar-refractivity contribution < 1.29 is 4.79 Å². The molecule has 1 fully saturated rings. The Hall–Kier alpha value is -1.31. The highest BCUT2D eigenvalue weighted by Gasteiger charge is 2.28. The molecular formula is C19H29NO. The van der Waals surface area contributed by atoms with Crippen molar-refractivity contribution in [2.24, 2.45) is 11.8 Å². The van der Waals surface area contributed by atoms with Crippen molar-refractivity contribution in [3.05, 3.63) is 35.4 Å². The smallest absolute Gasteiger partial charge is 0.223 e. The van der Waals surface area contributed by atoms with Crippen LogP contribution >= 0.6 is 0 Å². The molecule has 2 nitrogen and oxygen atoms in total. The summed E-state index contributed by atoms with van der Waals surface area (Å²) in [6.07, 6.45) is 3.31. The summed E-state index contributed by atoms with van der Waals surface area (Å²) >= 11 is 0. The molecule has 0 spiro atoms. The van der Waals surface area contributed by atoms with E-state index in [4.69, 9.17) is 0 Å². The summed E-state index contributed by atoms with van der Waals surface area (Å²) in [7, 11) is 0. The number of hydrogen-bond donors (Lipinski definition) is 1. The monoisotopic (exact) mass is 287 g/mol.